The number of para-hydroxylation sites is 1. The Labute approximate surface area is 144 Å². The summed E-state index contributed by atoms with van der Waals surface area (Å²) in [7, 11) is 0. The molecule has 1 aromatic heterocycles. The Morgan fingerprint density at radius 3 is 2.83 bits per heavy atom. The van der Waals surface area contributed by atoms with Gasteiger partial charge in [-0.05, 0) is 37.8 Å². The van der Waals surface area contributed by atoms with Crippen molar-refractivity contribution in [3.63, 3.8) is 0 Å². The first-order valence-corrected chi connectivity index (χ1v) is 8.95. The van der Waals surface area contributed by atoms with Crippen LogP contribution in [0.3, 0.4) is 0 Å². The number of hydrogen-bond donors (Lipinski definition) is 2. The molecule has 0 radical (unpaired) electrons. The summed E-state index contributed by atoms with van der Waals surface area (Å²) >= 11 is 1.66. The molecule has 6 heteroatoms. The smallest absolute Gasteiger partial charge is 0.319 e. The number of aliphatic carboxylic acids is 1. The maximum Gasteiger partial charge on any atom is 0.319 e. The molecule has 2 aromatic rings. The predicted molar refractivity (Wildman–Crippen MR) is 94.0 cm³/mol. The van der Waals surface area contributed by atoms with Crippen LogP contribution in [0.5, 0.6) is 0 Å². The minimum absolute atomic E-state index is 0.270. The third-order valence-corrected chi connectivity index (χ3v) is 5.50. The molecule has 24 heavy (non-hydrogen) atoms. The van der Waals surface area contributed by atoms with Crippen LogP contribution in [-0.2, 0) is 16.0 Å². The van der Waals surface area contributed by atoms with Gasteiger partial charge in [0, 0.05) is 13.0 Å². The van der Waals surface area contributed by atoms with Crippen LogP contribution in [-0.4, -0.2) is 28.5 Å². The molecule has 1 atom stereocenters. The van der Waals surface area contributed by atoms with Crippen molar-refractivity contribution in [2.45, 2.75) is 32.1 Å². The summed E-state index contributed by atoms with van der Waals surface area (Å²) in [6, 6.07) is 8.00. The second kappa shape index (κ2) is 7.13. The predicted octanol–water partition coefficient (Wildman–Crippen LogP) is 3.16. The Bertz CT molecular complexity index is 750. The van der Waals surface area contributed by atoms with Crippen molar-refractivity contribution < 1.29 is 14.7 Å². The van der Waals surface area contributed by atoms with E-state index < -0.39 is 11.4 Å². The van der Waals surface area contributed by atoms with Crippen molar-refractivity contribution in [1.82, 2.24) is 10.3 Å². The fourth-order valence-corrected chi connectivity index (χ4v) is 3.98. The van der Waals surface area contributed by atoms with Crippen LogP contribution in [0.1, 0.15) is 30.7 Å². The van der Waals surface area contributed by atoms with Crippen LogP contribution in [0.2, 0.25) is 0 Å². The SMILES string of the molecule is O=C(O)C1(C(=O)NCCCc2nc3ccccc3s2)CC=CCC1. The molecule has 3 rings (SSSR count). The van der Waals surface area contributed by atoms with E-state index in [-0.39, 0.29) is 12.3 Å². The van der Waals surface area contributed by atoms with Gasteiger partial charge in [0.05, 0.1) is 15.2 Å². The van der Waals surface area contributed by atoms with E-state index in [0.29, 0.717) is 19.4 Å². The Morgan fingerprint density at radius 2 is 2.12 bits per heavy atom. The Morgan fingerprint density at radius 1 is 1.29 bits per heavy atom. The number of fused-ring (bicyclic) bond motifs is 1. The second-order valence-electron chi connectivity index (χ2n) is 6.04. The molecule has 5 nitrogen and oxygen atoms in total. The highest BCUT2D eigenvalue weighted by Gasteiger charge is 2.45. The molecule has 0 bridgehead atoms. The van der Waals surface area contributed by atoms with Gasteiger partial charge < -0.3 is 10.4 Å². The summed E-state index contributed by atoms with van der Waals surface area (Å²) in [6.07, 6.45) is 6.51. The lowest BCUT2D eigenvalue weighted by Gasteiger charge is -2.28. The van der Waals surface area contributed by atoms with Crippen LogP contribution < -0.4 is 5.32 Å². The number of rotatable bonds is 6. The number of amides is 1. The normalized spacial score (nSPS) is 20.2. The van der Waals surface area contributed by atoms with E-state index in [1.807, 2.05) is 30.3 Å². The van der Waals surface area contributed by atoms with Crippen molar-refractivity contribution in [3.8, 4) is 0 Å². The van der Waals surface area contributed by atoms with Gasteiger partial charge in [-0.2, -0.15) is 0 Å². The molecule has 1 amide bonds. The molecule has 1 unspecified atom stereocenters. The Hall–Kier alpha value is -2.21. The number of allylic oxidation sites excluding steroid dienone is 2. The monoisotopic (exact) mass is 344 g/mol. The Kier molecular flexibility index (Phi) is 4.94. The first-order chi connectivity index (χ1) is 11.6. The molecule has 0 fully saturated rings. The molecule has 1 aromatic carbocycles. The average Bonchev–Trinajstić information content (AvgIpc) is 3.01. The van der Waals surface area contributed by atoms with Gasteiger partial charge in [-0.15, -0.1) is 11.3 Å². The standard InChI is InChI=1S/C18H20N2O3S/c21-16(18(17(22)23)10-4-1-5-11-18)19-12-6-9-15-20-13-7-2-3-8-14(13)24-15/h1-4,7-8H,5-6,9-12H2,(H,19,21)(H,22,23). The zero-order valence-corrected chi connectivity index (χ0v) is 14.1. The fraction of sp³-hybridized carbons (Fsp3) is 0.389. The molecule has 0 spiro atoms. The highest BCUT2D eigenvalue weighted by Crippen LogP contribution is 2.33. The van der Waals surface area contributed by atoms with Gasteiger partial charge >= 0.3 is 5.97 Å². The summed E-state index contributed by atoms with van der Waals surface area (Å²) in [5.74, 6) is -1.40. The summed E-state index contributed by atoms with van der Waals surface area (Å²) in [6.45, 7) is 0.466. The minimum atomic E-state index is -1.30. The van der Waals surface area contributed by atoms with Crippen molar-refractivity contribution >= 4 is 33.4 Å². The number of aryl methyl sites for hydroxylation is 1. The van der Waals surface area contributed by atoms with Gasteiger partial charge in [0.1, 0.15) is 5.41 Å². The van der Waals surface area contributed by atoms with E-state index in [1.54, 1.807) is 17.4 Å². The fourth-order valence-electron chi connectivity index (χ4n) is 2.97. The lowest BCUT2D eigenvalue weighted by molar-refractivity contribution is -0.156. The maximum absolute atomic E-state index is 12.4. The highest BCUT2D eigenvalue weighted by molar-refractivity contribution is 7.18. The molecule has 1 aliphatic carbocycles. The second-order valence-corrected chi connectivity index (χ2v) is 7.15. The van der Waals surface area contributed by atoms with E-state index in [0.717, 1.165) is 28.1 Å². The lowest BCUT2D eigenvalue weighted by atomic mass is 9.76. The number of thiazole rings is 1. The number of carboxylic acid groups (broad SMARTS) is 1. The average molecular weight is 344 g/mol. The van der Waals surface area contributed by atoms with Crippen LogP contribution in [0.25, 0.3) is 10.2 Å². The van der Waals surface area contributed by atoms with Gasteiger partial charge in [0.25, 0.3) is 0 Å². The first kappa shape index (κ1) is 16.6. The lowest BCUT2D eigenvalue weighted by Crippen LogP contribution is -2.47. The molecule has 126 valence electrons. The molecule has 2 N–H and O–H groups in total. The number of carboxylic acids is 1. The van der Waals surface area contributed by atoms with E-state index in [1.165, 1.54) is 0 Å². The number of carbonyl (C=O) groups excluding carboxylic acids is 1. The summed E-state index contributed by atoms with van der Waals surface area (Å²) in [5.41, 5.74) is -0.301. The maximum atomic E-state index is 12.4. The number of benzene rings is 1. The van der Waals surface area contributed by atoms with Gasteiger partial charge in [-0.1, -0.05) is 24.3 Å². The van der Waals surface area contributed by atoms with E-state index in [2.05, 4.69) is 10.3 Å². The number of nitrogens with one attached hydrogen (secondary N) is 1. The van der Waals surface area contributed by atoms with Crippen LogP contribution >= 0.6 is 11.3 Å². The molecule has 0 aliphatic heterocycles. The molecule has 0 saturated heterocycles. The largest absolute Gasteiger partial charge is 0.480 e. The third-order valence-electron chi connectivity index (χ3n) is 4.41. The molecular weight excluding hydrogens is 324 g/mol. The van der Waals surface area contributed by atoms with E-state index in [9.17, 15) is 14.7 Å². The summed E-state index contributed by atoms with van der Waals surface area (Å²) < 4.78 is 1.16. The van der Waals surface area contributed by atoms with Gasteiger partial charge in [-0.3, -0.25) is 9.59 Å². The number of nitrogens with zero attached hydrogens (tertiary/aromatic N) is 1. The first-order valence-electron chi connectivity index (χ1n) is 8.13. The van der Waals surface area contributed by atoms with E-state index >= 15 is 0 Å². The van der Waals surface area contributed by atoms with Gasteiger partial charge in [0.2, 0.25) is 5.91 Å². The van der Waals surface area contributed by atoms with Gasteiger partial charge in [-0.25, -0.2) is 4.98 Å². The third kappa shape index (κ3) is 3.33. The minimum Gasteiger partial charge on any atom is -0.480 e. The quantitative estimate of drug-likeness (QED) is 0.479. The number of aromatic nitrogens is 1. The van der Waals surface area contributed by atoms with Crippen molar-refractivity contribution in [2.75, 3.05) is 6.54 Å². The van der Waals surface area contributed by atoms with Crippen LogP contribution in [0, 0.1) is 5.41 Å². The van der Waals surface area contributed by atoms with Crippen molar-refractivity contribution in [3.05, 3.63) is 41.4 Å². The van der Waals surface area contributed by atoms with Crippen molar-refractivity contribution in [1.29, 1.82) is 0 Å². The zero-order chi connectivity index (χ0) is 17.0. The van der Waals surface area contributed by atoms with Crippen molar-refractivity contribution in [2.24, 2.45) is 5.41 Å². The molecule has 1 heterocycles. The van der Waals surface area contributed by atoms with Crippen LogP contribution in [0.4, 0.5) is 0 Å². The van der Waals surface area contributed by atoms with Gasteiger partial charge in [0.15, 0.2) is 0 Å². The summed E-state index contributed by atoms with van der Waals surface area (Å²) in [4.78, 5) is 28.5. The van der Waals surface area contributed by atoms with E-state index in [4.69, 9.17) is 0 Å². The molecule has 1 aliphatic rings. The highest BCUT2D eigenvalue weighted by atomic mass is 32.1. The molecule has 0 saturated carbocycles. The molecular formula is C18H20N2O3S. The van der Waals surface area contributed by atoms with Crippen LogP contribution in [0.15, 0.2) is 36.4 Å². The topological polar surface area (TPSA) is 79.3 Å². The number of hydrogen-bond acceptors (Lipinski definition) is 4. The zero-order valence-electron chi connectivity index (χ0n) is 13.3. The summed E-state index contributed by atoms with van der Waals surface area (Å²) in [5, 5.41) is 13.3. The Balaban J connectivity index is 1.53. The number of carbonyl (C=O) groups is 2.